The Morgan fingerprint density at radius 2 is 2.11 bits per heavy atom. The van der Waals surface area contributed by atoms with Crippen molar-refractivity contribution < 1.29 is 9.90 Å². The van der Waals surface area contributed by atoms with Gasteiger partial charge in [0.2, 0.25) is 0 Å². The zero-order valence-electron chi connectivity index (χ0n) is 10.4. The molecule has 0 aliphatic rings. The minimum absolute atomic E-state index is 0.0234. The molecule has 2 aromatic rings. The quantitative estimate of drug-likeness (QED) is 0.743. The lowest BCUT2D eigenvalue weighted by atomic mass is 9.95. The highest BCUT2D eigenvalue weighted by molar-refractivity contribution is 5.97. The molecule has 0 spiro atoms. The molecule has 1 aromatic carbocycles. The van der Waals surface area contributed by atoms with Crippen LogP contribution in [-0.4, -0.2) is 39.6 Å². The first kappa shape index (κ1) is 12.5. The SMILES string of the molecule is CC(C)(CO)CNC(=O)c1ccc2n[nH]nc2c1. The van der Waals surface area contributed by atoms with Crippen molar-refractivity contribution >= 4 is 16.9 Å². The summed E-state index contributed by atoms with van der Waals surface area (Å²) in [6.07, 6.45) is 0. The molecule has 1 heterocycles. The van der Waals surface area contributed by atoms with Gasteiger partial charge in [-0.15, -0.1) is 0 Å². The number of H-pyrrole nitrogens is 1. The van der Waals surface area contributed by atoms with Crippen LogP contribution in [0.2, 0.25) is 0 Å². The molecule has 2 rings (SSSR count). The van der Waals surface area contributed by atoms with E-state index >= 15 is 0 Å². The van der Waals surface area contributed by atoms with Crippen LogP contribution in [0.25, 0.3) is 11.0 Å². The van der Waals surface area contributed by atoms with E-state index in [1.165, 1.54) is 0 Å². The molecule has 0 fully saturated rings. The van der Waals surface area contributed by atoms with Crippen molar-refractivity contribution in [2.75, 3.05) is 13.2 Å². The number of aromatic nitrogens is 3. The zero-order chi connectivity index (χ0) is 13.2. The lowest BCUT2D eigenvalue weighted by Crippen LogP contribution is -2.36. The fourth-order valence-electron chi connectivity index (χ4n) is 1.46. The Bertz CT molecular complexity index is 562. The van der Waals surface area contributed by atoms with Crippen molar-refractivity contribution in [3.8, 4) is 0 Å². The van der Waals surface area contributed by atoms with E-state index < -0.39 is 0 Å². The number of aliphatic hydroxyl groups excluding tert-OH is 1. The third-order valence-corrected chi connectivity index (χ3v) is 2.73. The number of nitrogens with zero attached hydrogens (tertiary/aromatic N) is 2. The average molecular weight is 248 g/mol. The van der Waals surface area contributed by atoms with Crippen molar-refractivity contribution in [2.45, 2.75) is 13.8 Å². The molecule has 0 saturated carbocycles. The predicted molar refractivity (Wildman–Crippen MR) is 67.1 cm³/mol. The topological polar surface area (TPSA) is 90.9 Å². The molecular weight excluding hydrogens is 232 g/mol. The third kappa shape index (κ3) is 2.65. The molecular formula is C12H16N4O2. The summed E-state index contributed by atoms with van der Waals surface area (Å²) in [6.45, 7) is 4.21. The van der Waals surface area contributed by atoms with Gasteiger partial charge in [-0.3, -0.25) is 4.79 Å². The van der Waals surface area contributed by atoms with Crippen molar-refractivity contribution in [2.24, 2.45) is 5.41 Å². The first-order valence-electron chi connectivity index (χ1n) is 5.71. The van der Waals surface area contributed by atoms with Gasteiger partial charge in [-0.2, -0.15) is 15.4 Å². The van der Waals surface area contributed by atoms with Gasteiger partial charge in [-0.1, -0.05) is 13.8 Å². The van der Waals surface area contributed by atoms with E-state index in [2.05, 4.69) is 20.7 Å². The van der Waals surface area contributed by atoms with Gasteiger partial charge in [0.15, 0.2) is 0 Å². The highest BCUT2D eigenvalue weighted by Gasteiger charge is 2.18. The standard InChI is InChI=1S/C12H16N4O2/c1-12(2,7-17)6-13-11(18)8-3-4-9-10(5-8)15-16-14-9/h3-5,17H,6-7H2,1-2H3,(H,13,18)(H,14,15,16). The number of aromatic amines is 1. The summed E-state index contributed by atoms with van der Waals surface area (Å²) in [5.41, 5.74) is 1.59. The Hall–Kier alpha value is -1.95. The second-order valence-corrected chi connectivity index (χ2v) is 5.03. The molecule has 0 aliphatic carbocycles. The summed E-state index contributed by atoms with van der Waals surface area (Å²) >= 11 is 0. The van der Waals surface area contributed by atoms with Crippen LogP contribution in [0.15, 0.2) is 18.2 Å². The number of hydrogen-bond acceptors (Lipinski definition) is 4. The lowest BCUT2D eigenvalue weighted by molar-refractivity contribution is 0.0911. The van der Waals surface area contributed by atoms with Crippen LogP contribution in [0.4, 0.5) is 0 Å². The second-order valence-electron chi connectivity index (χ2n) is 5.03. The second kappa shape index (κ2) is 4.73. The maximum Gasteiger partial charge on any atom is 0.251 e. The number of rotatable bonds is 4. The third-order valence-electron chi connectivity index (χ3n) is 2.73. The molecule has 1 aromatic heterocycles. The normalized spacial score (nSPS) is 11.7. The Kier molecular flexibility index (Phi) is 3.29. The summed E-state index contributed by atoms with van der Waals surface area (Å²) in [6, 6.07) is 5.12. The van der Waals surface area contributed by atoms with Gasteiger partial charge < -0.3 is 10.4 Å². The Labute approximate surface area is 104 Å². The fourth-order valence-corrected chi connectivity index (χ4v) is 1.46. The number of amides is 1. The maximum absolute atomic E-state index is 11.9. The molecule has 0 radical (unpaired) electrons. The maximum atomic E-state index is 11.9. The zero-order valence-corrected chi connectivity index (χ0v) is 10.4. The van der Waals surface area contributed by atoms with Crippen LogP contribution in [0.5, 0.6) is 0 Å². The smallest absolute Gasteiger partial charge is 0.251 e. The predicted octanol–water partition coefficient (Wildman–Crippen LogP) is 0.706. The molecule has 0 atom stereocenters. The fraction of sp³-hybridized carbons (Fsp3) is 0.417. The summed E-state index contributed by atoms with van der Waals surface area (Å²) < 4.78 is 0. The number of benzene rings is 1. The molecule has 0 bridgehead atoms. The summed E-state index contributed by atoms with van der Waals surface area (Å²) in [5.74, 6) is -0.179. The van der Waals surface area contributed by atoms with Gasteiger partial charge in [-0.25, -0.2) is 0 Å². The first-order valence-corrected chi connectivity index (χ1v) is 5.71. The van der Waals surface area contributed by atoms with E-state index in [-0.39, 0.29) is 17.9 Å². The summed E-state index contributed by atoms with van der Waals surface area (Å²) in [5, 5.41) is 22.3. The summed E-state index contributed by atoms with van der Waals surface area (Å²) in [7, 11) is 0. The van der Waals surface area contributed by atoms with Gasteiger partial charge in [0.05, 0.1) is 0 Å². The van der Waals surface area contributed by atoms with E-state index in [4.69, 9.17) is 5.11 Å². The molecule has 0 saturated heterocycles. The van der Waals surface area contributed by atoms with E-state index in [1.807, 2.05) is 13.8 Å². The van der Waals surface area contributed by atoms with E-state index in [0.29, 0.717) is 17.6 Å². The van der Waals surface area contributed by atoms with Crippen molar-refractivity contribution in [3.05, 3.63) is 23.8 Å². The number of carbonyl (C=O) groups is 1. The Morgan fingerprint density at radius 1 is 1.39 bits per heavy atom. The molecule has 18 heavy (non-hydrogen) atoms. The molecule has 96 valence electrons. The Balaban J connectivity index is 2.08. The number of aliphatic hydroxyl groups is 1. The molecule has 3 N–H and O–H groups in total. The highest BCUT2D eigenvalue weighted by atomic mass is 16.3. The van der Waals surface area contributed by atoms with Crippen molar-refractivity contribution in [1.82, 2.24) is 20.7 Å². The van der Waals surface area contributed by atoms with Crippen molar-refractivity contribution in [3.63, 3.8) is 0 Å². The first-order chi connectivity index (χ1) is 8.52. The van der Waals surface area contributed by atoms with Gasteiger partial charge in [0.25, 0.3) is 5.91 Å². The minimum Gasteiger partial charge on any atom is -0.396 e. The van der Waals surface area contributed by atoms with E-state index in [0.717, 1.165) is 5.52 Å². The number of carbonyl (C=O) groups excluding carboxylic acids is 1. The lowest BCUT2D eigenvalue weighted by Gasteiger charge is -2.21. The number of fused-ring (bicyclic) bond motifs is 1. The molecule has 0 aliphatic heterocycles. The van der Waals surface area contributed by atoms with Crippen LogP contribution in [0, 0.1) is 5.41 Å². The molecule has 0 unspecified atom stereocenters. The molecule has 1 amide bonds. The van der Waals surface area contributed by atoms with E-state index in [1.54, 1.807) is 18.2 Å². The van der Waals surface area contributed by atoms with Crippen LogP contribution in [0.3, 0.4) is 0 Å². The number of nitrogens with one attached hydrogen (secondary N) is 2. The van der Waals surface area contributed by atoms with Gasteiger partial charge >= 0.3 is 0 Å². The van der Waals surface area contributed by atoms with Crippen LogP contribution in [-0.2, 0) is 0 Å². The Morgan fingerprint density at radius 3 is 2.83 bits per heavy atom. The highest BCUT2D eigenvalue weighted by Crippen LogP contribution is 2.13. The van der Waals surface area contributed by atoms with E-state index in [9.17, 15) is 4.79 Å². The largest absolute Gasteiger partial charge is 0.396 e. The van der Waals surface area contributed by atoms with Crippen LogP contribution >= 0.6 is 0 Å². The number of hydrogen-bond donors (Lipinski definition) is 3. The van der Waals surface area contributed by atoms with Crippen LogP contribution in [0.1, 0.15) is 24.2 Å². The molecule has 6 nitrogen and oxygen atoms in total. The summed E-state index contributed by atoms with van der Waals surface area (Å²) in [4.78, 5) is 11.9. The monoisotopic (exact) mass is 248 g/mol. The van der Waals surface area contributed by atoms with Crippen LogP contribution < -0.4 is 5.32 Å². The minimum atomic E-state index is -0.326. The molecule has 6 heteroatoms. The van der Waals surface area contributed by atoms with Gasteiger partial charge in [0, 0.05) is 24.1 Å². The average Bonchev–Trinajstić information content (AvgIpc) is 2.83. The van der Waals surface area contributed by atoms with Gasteiger partial charge in [0.1, 0.15) is 11.0 Å². The van der Waals surface area contributed by atoms with Crippen molar-refractivity contribution in [1.29, 1.82) is 0 Å². The van der Waals surface area contributed by atoms with Gasteiger partial charge in [-0.05, 0) is 18.2 Å².